The molecule has 0 unspecified atom stereocenters. The van der Waals surface area contributed by atoms with Gasteiger partial charge in [-0.25, -0.2) is 4.98 Å². The van der Waals surface area contributed by atoms with E-state index in [-0.39, 0.29) is 11.0 Å². The molecule has 3 heterocycles. The summed E-state index contributed by atoms with van der Waals surface area (Å²) in [6, 6.07) is 12.4. The number of aryl methyl sites for hydroxylation is 1. The molecule has 136 valence electrons. The molecule has 1 aromatic carbocycles. The quantitative estimate of drug-likeness (QED) is 0.709. The van der Waals surface area contributed by atoms with Gasteiger partial charge in [0.1, 0.15) is 5.01 Å². The zero-order chi connectivity index (χ0) is 18.3. The molecule has 5 nitrogen and oxygen atoms in total. The van der Waals surface area contributed by atoms with E-state index in [0.29, 0.717) is 17.4 Å². The largest absolute Gasteiger partial charge is 0.296 e. The van der Waals surface area contributed by atoms with Gasteiger partial charge >= 0.3 is 0 Å². The molecule has 0 saturated carbocycles. The highest BCUT2D eigenvalue weighted by molar-refractivity contribution is 7.16. The number of fused-ring (bicyclic) bond motifs is 1. The van der Waals surface area contributed by atoms with Crippen molar-refractivity contribution < 1.29 is 0 Å². The molecular formula is C20H24N4OS. The van der Waals surface area contributed by atoms with Crippen LogP contribution >= 0.6 is 11.3 Å². The van der Waals surface area contributed by atoms with Crippen molar-refractivity contribution in [3.05, 3.63) is 63.0 Å². The highest BCUT2D eigenvalue weighted by Crippen LogP contribution is 2.42. The summed E-state index contributed by atoms with van der Waals surface area (Å²) in [5.74, 6) is 0.489. The van der Waals surface area contributed by atoms with E-state index < -0.39 is 0 Å². The SMILES string of the molecule is CCc1nn2c(=O)cc(CN3C[C@H](c4ccccc4)C(C)(C)C3)nc2s1. The third-order valence-corrected chi connectivity index (χ3v) is 6.30. The number of rotatable bonds is 4. The molecule has 1 aliphatic heterocycles. The molecule has 0 amide bonds. The minimum absolute atomic E-state index is 0.0842. The summed E-state index contributed by atoms with van der Waals surface area (Å²) < 4.78 is 1.42. The summed E-state index contributed by atoms with van der Waals surface area (Å²) in [5.41, 5.74) is 2.34. The van der Waals surface area contributed by atoms with Crippen LogP contribution in [0.3, 0.4) is 0 Å². The van der Waals surface area contributed by atoms with Crippen LogP contribution in [0.25, 0.3) is 4.96 Å². The van der Waals surface area contributed by atoms with Gasteiger partial charge in [-0.3, -0.25) is 9.69 Å². The van der Waals surface area contributed by atoms with Crippen LogP contribution in [0, 0.1) is 5.41 Å². The molecular weight excluding hydrogens is 344 g/mol. The van der Waals surface area contributed by atoms with Crippen LogP contribution in [0.5, 0.6) is 0 Å². The predicted molar refractivity (Wildman–Crippen MR) is 105 cm³/mol. The Kier molecular flexibility index (Phi) is 4.40. The highest BCUT2D eigenvalue weighted by Gasteiger charge is 2.40. The van der Waals surface area contributed by atoms with Gasteiger partial charge in [0.15, 0.2) is 0 Å². The molecule has 1 atom stereocenters. The summed E-state index contributed by atoms with van der Waals surface area (Å²) in [7, 11) is 0. The lowest BCUT2D eigenvalue weighted by Crippen LogP contribution is -2.25. The Labute approximate surface area is 157 Å². The summed E-state index contributed by atoms with van der Waals surface area (Å²) in [6.45, 7) is 9.38. The van der Waals surface area contributed by atoms with E-state index in [1.54, 1.807) is 6.07 Å². The molecule has 0 bridgehead atoms. The van der Waals surface area contributed by atoms with Crippen LogP contribution in [0.4, 0.5) is 0 Å². The number of nitrogens with zero attached hydrogens (tertiary/aromatic N) is 4. The van der Waals surface area contributed by atoms with Crippen molar-refractivity contribution in [1.82, 2.24) is 19.5 Å². The predicted octanol–water partition coefficient (Wildman–Crippen LogP) is 3.34. The second-order valence-electron chi connectivity index (χ2n) is 7.75. The Morgan fingerprint density at radius 2 is 2.04 bits per heavy atom. The van der Waals surface area contributed by atoms with Gasteiger partial charge in [-0.15, -0.1) is 0 Å². The summed E-state index contributed by atoms with van der Waals surface area (Å²) in [4.78, 5) is 20.2. The van der Waals surface area contributed by atoms with Crippen molar-refractivity contribution in [3.63, 3.8) is 0 Å². The first-order valence-corrected chi connectivity index (χ1v) is 9.94. The van der Waals surface area contributed by atoms with E-state index >= 15 is 0 Å². The zero-order valence-electron chi connectivity index (χ0n) is 15.5. The topological polar surface area (TPSA) is 50.5 Å². The van der Waals surface area contributed by atoms with Crippen molar-refractivity contribution in [2.45, 2.75) is 39.7 Å². The van der Waals surface area contributed by atoms with Gasteiger partial charge in [-0.1, -0.05) is 62.4 Å². The van der Waals surface area contributed by atoms with E-state index in [1.807, 2.05) is 6.92 Å². The van der Waals surface area contributed by atoms with Crippen LogP contribution in [0.2, 0.25) is 0 Å². The van der Waals surface area contributed by atoms with Crippen molar-refractivity contribution in [1.29, 1.82) is 0 Å². The first kappa shape index (κ1) is 17.4. The van der Waals surface area contributed by atoms with Gasteiger partial charge < -0.3 is 0 Å². The van der Waals surface area contributed by atoms with Gasteiger partial charge in [0.05, 0.1) is 5.69 Å². The Morgan fingerprint density at radius 1 is 1.27 bits per heavy atom. The number of benzene rings is 1. The maximum Gasteiger partial charge on any atom is 0.275 e. The fourth-order valence-corrected chi connectivity index (χ4v) is 4.83. The van der Waals surface area contributed by atoms with Crippen molar-refractivity contribution in [2.24, 2.45) is 5.41 Å². The minimum atomic E-state index is -0.0842. The Hall–Kier alpha value is -2.05. The molecule has 1 saturated heterocycles. The van der Waals surface area contributed by atoms with E-state index in [4.69, 9.17) is 4.98 Å². The van der Waals surface area contributed by atoms with Crippen molar-refractivity contribution in [2.75, 3.05) is 13.1 Å². The number of hydrogen-bond donors (Lipinski definition) is 0. The average molecular weight is 369 g/mol. The van der Waals surface area contributed by atoms with Crippen LogP contribution in [0.15, 0.2) is 41.2 Å². The van der Waals surface area contributed by atoms with Gasteiger partial charge in [0, 0.05) is 31.6 Å². The summed E-state index contributed by atoms with van der Waals surface area (Å²) in [6.07, 6.45) is 0.821. The molecule has 1 fully saturated rings. The van der Waals surface area contributed by atoms with Crippen LogP contribution in [0.1, 0.15) is 43.0 Å². The fourth-order valence-electron chi connectivity index (χ4n) is 3.97. The molecule has 26 heavy (non-hydrogen) atoms. The molecule has 0 aliphatic carbocycles. The maximum atomic E-state index is 12.4. The number of hydrogen-bond acceptors (Lipinski definition) is 5. The lowest BCUT2D eigenvalue weighted by atomic mass is 9.78. The lowest BCUT2D eigenvalue weighted by Gasteiger charge is -2.26. The van der Waals surface area contributed by atoms with E-state index in [9.17, 15) is 4.79 Å². The second-order valence-corrected chi connectivity index (χ2v) is 8.79. The Morgan fingerprint density at radius 3 is 2.77 bits per heavy atom. The highest BCUT2D eigenvalue weighted by atomic mass is 32.1. The smallest absolute Gasteiger partial charge is 0.275 e. The standard InChI is InChI=1S/C20H24N4OS/c1-4-17-22-24-18(25)10-15(21-19(24)26-17)11-23-12-16(20(2,3)13-23)14-8-6-5-7-9-14/h5-10,16H,4,11-13H2,1-3H3/t16-/m1/s1. The maximum absolute atomic E-state index is 12.4. The Bertz CT molecular complexity index is 976. The van der Waals surface area contributed by atoms with Gasteiger partial charge in [-0.2, -0.15) is 9.61 Å². The summed E-state index contributed by atoms with van der Waals surface area (Å²) >= 11 is 1.50. The van der Waals surface area contributed by atoms with Crippen molar-refractivity contribution >= 4 is 16.3 Å². The van der Waals surface area contributed by atoms with Crippen molar-refractivity contribution in [3.8, 4) is 0 Å². The zero-order valence-corrected chi connectivity index (χ0v) is 16.3. The minimum Gasteiger partial charge on any atom is -0.296 e. The molecule has 0 radical (unpaired) electrons. The van der Waals surface area contributed by atoms with E-state index in [2.05, 4.69) is 54.2 Å². The van der Waals surface area contributed by atoms with Crippen LogP contribution < -0.4 is 5.56 Å². The summed E-state index contributed by atoms with van der Waals surface area (Å²) in [5, 5.41) is 5.27. The normalized spacial score (nSPS) is 20.0. The Balaban J connectivity index is 1.58. The van der Waals surface area contributed by atoms with Crippen LogP contribution in [-0.4, -0.2) is 32.6 Å². The number of likely N-dealkylation sites (tertiary alicyclic amines) is 1. The van der Waals surface area contributed by atoms with E-state index in [1.165, 1.54) is 21.4 Å². The monoisotopic (exact) mass is 368 g/mol. The van der Waals surface area contributed by atoms with Gasteiger partial charge in [-0.05, 0) is 17.4 Å². The van der Waals surface area contributed by atoms with Crippen LogP contribution in [-0.2, 0) is 13.0 Å². The molecule has 4 rings (SSSR count). The average Bonchev–Trinajstić information content (AvgIpc) is 3.16. The second kappa shape index (κ2) is 6.59. The molecule has 2 aromatic heterocycles. The fraction of sp³-hybridized carbons (Fsp3) is 0.450. The van der Waals surface area contributed by atoms with Gasteiger partial charge in [0.2, 0.25) is 4.96 Å². The third kappa shape index (κ3) is 3.19. The lowest BCUT2D eigenvalue weighted by molar-refractivity contribution is 0.279. The van der Waals surface area contributed by atoms with Gasteiger partial charge in [0.25, 0.3) is 5.56 Å². The number of aromatic nitrogens is 3. The third-order valence-electron chi connectivity index (χ3n) is 5.25. The molecule has 3 aromatic rings. The first-order chi connectivity index (χ1) is 12.5. The molecule has 6 heteroatoms. The molecule has 1 aliphatic rings. The molecule has 0 N–H and O–H groups in total. The first-order valence-electron chi connectivity index (χ1n) is 9.12. The molecule has 0 spiro atoms. The van der Waals surface area contributed by atoms with E-state index in [0.717, 1.165) is 30.2 Å².